The van der Waals surface area contributed by atoms with Crippen LogP contribution in [0.4, 0.5) is 10.1 Å². The zero-order valence-corrected chi connectivity index (χ0v) is 18.1. The lowest BCUT2D eigenvalue weighted by Crippen LogP contribution is -2.48. The Hall–Kier alpha value is -1.99. The van der Waals surface area contributed by atoms with Gasteiger partial charge in [-0.25, -0.2) is 4.39 Å². The highest BCUT2D eigenvalue weighted by molar-refractivity contribution is 9.10. The Kier molecular flexibility index (Phi) is 7.61. The smallest absolute Gasteiger partial charge is 0.248 e. The zero-order chi connectivity index (χ0) is 20.8. The second kappa shape index (κ2) is 10.2. The van der Waals surface area contributed by atoms with Crippen molar-refractivity contribution in [2.45, 2.75) is 44.2 Å². The van der Waals surface area contributed by atoms with E-state index in [9.17, 15) is 14.0 Å². The first-order valence-corrected chi connectivity index (χ1v) is 10.9. The summed E-state index contributed by atoms with van der Waals surface area (Å²) >= 11 is 9.06. The molecule has 0 radical (unpaired) electrons. The van der Waals surface area contributed by atoms with Crippen LogP contribution >= 0.6 is 27.5 Å². The Morgan fingerprint density at radius 1 is 1.28 bits per heavy atom. The molecule has 2 aromatic rings. The quantitative estimate of drug-likeness (QED) is 0.605. The Bertz CT molecular complexity index is 862. The minimum absolute atomic E-state index is 0.00787. The number of carbonyl (C=O) groups is 2. The lowest BCUT2D eigenvalue weighted by Gasteiger charge is -2.33. The van der Waals surface area contributed by atoms with Gasteiger partial charge in [-0.3, -0.25) is 19.5 Å². The number of amides is 2. The number of halogens is 3. The van der Waals surface area contributed by atoms with Gasteiger partial charge in [-0.15, -0.1) is 11.6 Å². The summed E-state index contributed by atoms with van der Waals surface area (Å²) in [5.74, 6) is -1.95. The molecule has 154 valence electrons. The Morgan fingerprint density at radius 3 is 2.66 bits per heavy atom. The van der Waals surface area contributed by atoms with Crippen molar-refractivity contribution in [3.8, 4) is 0 Å². The molecule has 1 aliphatic rings. The maximum Gasteiger partial charge on any atom is 0.248 e. The van der Waals surface area contributed by atoms with Crippen molar-refractivity contribution in [2.24, 2.45) is 0 Å². The van der Waals surface area contributed by atoms with E-state index in [-0.39, 0.29) is 23.5 Å². The normalized spacial score (nSPS) is 15.6. The number of hydrogen-bond acceptors (Lipinski definition) is 3. The van der Waals surface area contributed by atoms with E-state index < -0.39 is 17.8 Å². The zero-order valence-electron chi connectivity index (χ0n) is 15.8. The molecule has 29 heavy (non-hydrogen) atoms. The highest BCUT2D eigenvalue weighted by atomic mass is 79.9. The second-order valence-electron chi connectivity index (χ2n) is 7.03. The van der Waals surface area contributed by atoms with E-state index in [4.69, 9.17) is 11.6 Å². The van der Waals surface area contributed by atoms with Crippen LogP contribution in [0.1, 0.15) is 43.7 Å². The number of nitrogens with zero attached hydrogens (tertiary/aromatic N) is 2. The van der Waals surface area contributed by atoms with E-state index in [1.807, 2.05) is 0 Å². The van der Waals surface area contributed by atoms with Crippen molar-refractivity contribution in [2.75, 3.05) is 10.8 Å². The van der Waals surface area contributed by atoms with E-state index in [1.165, 1.54) is 18.3 Å². The third kappa shape index (κ3) is 5.34. The molecule has 1 aliphatic carbocycles. The molecule has 1 fully saturated rings. The van der Waals surface area contributed by atoms with Gasteiger partial charge in [0, 0.05) is 28.5 Å². The van der Waals surface area contributed by atoms with Crippen LogP contribution in [0.2, 0.25) is 0 Å². The molecule has 2 amide bonds. The monoisotopic (exact) mass is 481 g/mol. The predicted octanol–water partition coefficient (Wildman–Crippen LogP) is 4.75. The lowest BCUT2D eigenvalue weighted by atomic mass is 9.94. The lowest BCUT2D eigenvalue weighted by molar-refractivity contribution is -0.126. The standard InChI is InChI=1S/C21H22BrClFN3O2/c22-15-8-9-18(17(24)11-15)27(19(28)12-23)20(14-5-4-10-25-13-14)21(29)26-16-6-2-1-3-7-16/h4-5,8-11,13,16,20H,1-3,6-7,12H2,(H,26,29)/t20-/m0/s1. The number of pyridine rings is 1. The maximum atomic E-state index is 14.8. The number of rotatable bonds is 6. The highest BCUT2D eigenvalue weighted by Gasteiger charge is 2.35. The highest BCUT2D eigenvalue weighted by Crippen LogP contribution is 2.32. The van der Waals surface area contributed by atoms with E-state index in [1.54, 1.807) is 24.4 Å². The molecular formula is C21H22BrClFN3O2. The maximum absolute atomic E-state index is 14.8. The number of aromatic nitrogens is 1. The average Bonchev–Trinajstić information content (AvgIpc) is 2.73. The molecule has 3 rings (SSSR count). The van der Waals surface area contributed by atoms with Gasteiger partial charge in [0.2, 0.25) is 11.8 Å². The second-order valence-corrected chi connectivity index (χ2v) is 8.21. The fourth-order valence-electron chi connectivity index (χ4n) is 3.64. The molecule has 1 aromatic carbocycles. The van der Waals surface area contributed by atoms with Crippen LogP contribution in [-0.2, 0) is 9.59 Å². The summed E-state index contributed by atoms with van der Waals surface area (Å²) in [6, 6.07) is 6.67. The third-order valence-corrected chi connectivity index (χ3v) is 5.73. The van der Waals surface area contributed by atoms with Crippen LogP contribution < -0.4 is 10.2 Å². The summed E-state index contributed by atoms with van der Waals surface area (Å²) in [6.07, 6.45) is 8.12. The molecule has 1 atom stereocenters. The third-order valence-electron chi connectivity index (χ3n) is 5.01. The summed E-state index contributed by atoms with van der Waals surface area (Å²) in [5, 5.41) is 3.04. The van der Waals surface area contributed by atoms with Gasteiger partial charge in [-0.05, 0) is 37.1 Å². The number of alkyl halides is 1. The topological polar surface area (TPSA) is 62.3 Å². The summed E-state index contributed by atoms with van der Waals surface area (Å²) in [5.41, 5.74) is 0.480. The molecule has 0 spiro atoms. The van der Waals surface area contributed by atoms with Gasteiger partial charge in [0.15, 0.2) is 0 Å². The van der Waals surface area contributed by atoms with Gasteiger partial charge in [-0.1, -0.05) is 41.3 Å². The van der Waals surface area contributed by atoms with Crippen molar-refractivity contribution in [3.63, 3.8) is 0 Å². The number of hydrogen-bond donors (Lipinski definition) is 1. The van der Waals surface area contributed by atoms with E-state index in [0.717, 1.165) is 37.0 Å². The predicted molar refractivity (Wildman–Crippen MR) is 114 cm³/mol. The van der Waals surface area contributed by atoms with Crippen LogP contribution in [-0.4, -0.2) is 28.7 Å². The summed E-state index contributed by atoms with van der Waals surface area (Å²) in [4.78, 5) is 31.3. The number of nitrogens with one attached hydrogen (secondary N) is 1. The van der Waals surface area contributed by atoms with Gasteiger partial charge >= 0.3 is 0 Å². The molecule has 0 unspecified atom stereocenters. The molecular weight excluding hydrogens is 461 g/mol. The number of benzene rings is 1. The van der Waals surface area contributed by atoms with E-state index in [2.05, 4.69) is 26.2 Å². The van der Waals surface area contributed by atoms with Crippen molar-refractivity contribution >= 4 is 45.0 Å². The summed E-state index contributed by atoms with van der Waals surface area (Å²) in [6.45, 7) is 0. The minimum atomic E-state index is -1.08. The molecule has 5 nitrogen and oxygen atoms in total. The Morgan fingerprint density at radius 2 is 2.03 bits per heavy atom. The Labute approximate surface area is 182 Å². The molecule has 8 heteroatoms. The van der Waals surface area contributed by atoms with Gasteiger partial charge in [0.1, 0.15) is 17.7 Å². The fraction of sp³-hybridized carbons (Fsp3) is 0.381. The van der Waals surface area contributed by atoms with Crippen LogP contribution in [0.5, 0.6) is 0 Å². The van der Waals surface area contributed by atoms with Gasteiger partial charge in [-0.2, -0.15) is 0 Å². The van der Waals surface area contributed by atoms with Gasteiger partial charge in [0.05, 0.1) is 5.69 Å². The van der Waals surface area contributed by atoms with E-state index in [0.29, 0.717) is 10.0 Å². The fourth-order valence-corrected chi connectivity index (χ4v) is 4.10. The van der Waals surface area contributed by atoms with E-state index >= 15 is 0 Å². The Balaban J connectivity index is 2.03. The first-order chi connectivity index (χ1) is 14.0. The first kappa shape index (κ1) is 21.7. The van der Waals surface area contributed by atoms with Gasteiger partial charge in [0.25, 0.3) is 0 Å². The molecule has 0 saturated heterocycles. The molecule has 1 heterocycles. The van der Waals surface area contributed by atoms with Crippen LogP contribution in [0.3, 0.4) is 0 Å². The summed E-state index contributed by atoms with van der Waals surface area (Å²) in [7, 11) is 0. The SMILES string of the molecule is O=C(NC1CCCCC1)[C@H](c1cccnc1)N(C(=O)CCl)c1ccc(Br)cc1F. The molecule has 1 aromatic heterocycles. The van der Waals surface area contributed by atoms with Crippen molar-refractivity contribution < 1.29 is 14.0 Å². The van der Waals surface area contributed by atoms with Crippen molar-refractivity contribution in [1.82, 2.24) is 10.3 Å². The molecule has 0 aliphatic heterocycles. The largest absolute Gasteiger partial charge is 0.351 e. The minimum Gasteiger partial charge on any atom is -0.351 e. The molecule has 0 bridgehead atoms. The van der Waals surface area contributed by atoms with Crippen LogP contribution in [0.25, 0.3) is 0 Å². The van der Waals surface area contributed by atoms with Crippen LogP contribution in [0, 0.1) is 5.82 Å². The first-order valence-electron chi connectivity index (χ1n) is 9.54. The van der Waals surface area contributed by atoms with Crippen molar-refractivity contribution in [3.05, 3.63) is 58.6 Å². The number of anilines is 1. The van der Waals surface area contributed by atoms with Crippen LogP contribution in [0.15, 0.2) is 47.2 Å². The average molecular weight is 483 g/mol. The molecule has 1 N–H and O–H groups in total. The number of carbonyl (C=O) groups excluding carboxylic acids is 2. The van der Waals surface area contributed by atoms with Gasteiger partial charge < -0.3 is 5.32 Å². The molecule has 1 saturated carbocycles. The summed E-state index contributed by atoms with van der Waals surface area (Å²) < 4.78 is 15.3. The van der Waals surface area contributed by atoms with Crippen molar-refractivity contribution in [1.29, 1.82) is 0 Å².